The standard InChI is InChI=1S/C5H10N3P/c1-4(6)3-7-5(2)8-9/h3,8H,1-2,6,9H2. The summed E-state index contributed by atoms with van der Waals surface area (Å²) in [6.07, 6.45) is 1.43. The zero-order valence-electron chi connectivity index (χ0n) is 5.09. The molecule has 0 radical (unpaired) electrons. The van der Waals surface area contributed by atoms with Gasteiger partial charge in [-0.2, -0.15) is 0 Å². The van der Waals surface area contributed by atoms with Gasteiger partial charge >= 0.3 is 0 Å². The van der Waals surface area contributed by atoms with Crippen molar-refractivity contribution in [3.63, 3.8) is 0 Å². The van der Waals surface area contributed by atoms with Gasteiger partial charge in [-0.15, -0.1) is 0 Å². The van der Waals surface area contributed by atoms with Gasteiger partial charge < -0.3 is 10.8 Å². The van der Waals surface area contributed by atoms with E-state index in [1.165, 1.54) is 6.21 Å². The fourth-order valence-electron chi connectivity index (χ4n) is 0.198. The monoisotopic (exact) mass is 143 g/mol. The van der Waals surface area contributed by atoms with Crippen LogP contribution in [0.4, 0.5) is 0 Å². The predicted octanol–water partition coefficient (Wildman–Crippen LogP) is 0.381. The lowest BCUT2D eigenvalue weighted by molar-refractivity contribution is 1.17. The van der Waals surface area contributed by atoms with Crippen LogP contribution in [0.5, 0.6) is 0 Å². The number of rotatable bonds is 3. The highest BCUT2D eigenvalue weighted by atomic mass is 31.0. The van der Waals surface area contributed by atoms with Gasteiger partial charge in [0.05, 0.1) is 6.21 Å². The maximum Gasteiger partial charge on any atom is 0.121 e. The van der Waals surface area contributed by atoms with Crippen molar-refractivity contribution in [2.75, 3.05) is 0 Å². The van der Waals surface area contributed by atoms with Crippen LogP contribution in [0.15, 0.2) is 29.7 Å². The normalized spacial score (nSPS) is 9.44. The molecular formula is C5H10N3P. The van der Waals surface area contributed by atoms with E-state index in [9.17, 15) is 0 Å². The Kier molecular flexibility index (Phi) is 3.72. The summed E-state index contributed by atoms with van der Waals surface area (Å²) in [5.74, 6) is 0.534. The molecule has 0 aromatic heterocycles. The van der Waals surface area contributed by atoms with Crippen molar-refractivity contribution in [2.24, 2.45) is 10.7 Å². The molecule has 0 saturated heterocycles. The van der Waals surface area contributed by atoms with Gasteiger partial charge in [0.1, 0.15) is 5.82 Å². The number of hydrogen-bond donors (Lipinski definition) is 2. The molecule has 0 aliphatic carbocycles. The molecule has 0 aliphatic rings. The number of nitrogens with one attached hydrogen (secondary N) is 1. The molecule has 3 N–H and O–H groups in total. The molecule has 0 aromatic carbocycles. The molecule has 0 amide bonds. The molecule has 0 fully saturated rings. The van der Waals surface area contributed by atoms with Crippen LogP contribution in [-0.2, 0) is 0 Å². The second kappa shape index (κ2) is 4.10. The Morgan fingerprint density at radius 3 is 2.56 bits per heavy atom. The van der Waals surface area contributed by atoms with Gasteiger partial charge in [-0.05, 0) is 9.39 Å². The van der Waals surface area contributed by atoms with E-state index >= 15 is 0 Å². The van der Waals surface area contributed by atoms with Crippen LogP contribution < -0.4 is 10.8 Å². The summed E-state index contributed by atoms with van der Waals surface area (Å²) in [6, 6.07) is 0. The lowest BCUT2D eigenvalue weighted by Crippen LogP contribution is -1.98. The van der Waals surface area contributed by atoms with Gasteiger partial charge in [-0.3, -0.25) is 0 Å². The van der Waals surface area contributed by atoms with E-state index in [1.807, 2.05) is 0 Å². The highest BCUT2D eigenvalue weighted by Crippen LogP contribution is 1.87. The second-order valence-electron chi connectivity index (χ2n) is 1.42. The number of hydrogen-bond acceptors (Lipinski definition) is 3. The molecular weight excluding hydrogens is 133 g/mol. The Balaban J connectivity index is 3.71. The maximum absolute atomic E-state index is 5.18. The van der Waals surface area contributed by atoms with Crippen molar-refractivity contribution >= 4 is 15.6 Å². The van der Waals surface area contributed by atoms with Crippen LogP contribution in [0.25, 0.3) is 0 Å². The van der Waals surface area contributed by atoms with Crippen molar-refractivity contribution in [2.45, 2.75) is 0 Å². The van der Waals surface area contributed by atoms with Crippen LogP contribution >= 0.6 is 9.39 Å². The predicted molar refractivity (Wildman–Crippen MR) is 43.8 cm³/mol. The fourth-order valence-corrected chi connectivity index (χ4v) is 0.273. The summed E-state index contributed by atoms with van der Waals surface area (Å²) < 4.78 is 0. The van der Waals surface area contributed by atoms with Crippen LogP contribution in [0.3, 0.4) is 0 Å². The first-order chi connectivity index (χ1) is 4.16. The summed E-state index contributed by atoms with van der Waals surface area (Å²) in [4.78, 5) is 3.77. The topological polar surface area (TPSA) is 50.4 Å². The summed E-state index contributed by atoms with van der Waals surface area (Å²) in [5, 5.41) is 2.65. The third-order valence-electron chi connectivity index (χ3n) is 0.553. The van der Waals surface area contributed by atoms with Crippen molar-refractivity contribution in [3.8, 4) is 0 Å². The van der Waals surface area contributed by atoms with E-state index in [-0.39, 0.29) is 0 Å². The second-order valence-corrected chi connectivity index (χ2v) is 1.71. The van der Waals surface area contributed by atoms with Gasteiger partial charge in [0.25, 0.3) is 0 Å². The first-order valence-electron chi connectivity index (χ1n) is 2.30. The molecule has 50 valence electrons. The van der Waals surface area contributed by atoms with Gasteiger partial charge in [-0.25, -0.2) is 4.99 Å². The van der Waals surface area contributed by atoms with E-state index in [0.717, 1.165) is 0 Å². The molecule has 1 atom stereocenters. The number of nitrogens with two attached hydrogens (primary N) is 1. The fraction of sp³-hybridized carbons (Fsp3) is 0. The third kappa shape index (κ3) is 5.04. The summed E-state index contributed by atoms with van der Waals surface area (Å²) in [5.41, 5.74) is 5.59. The third-order valence-corrected chi connectivity index (χ3v) is 0.886. The van der Waals surface area contributed by atoms with Crippen molar-refractivity contribution < 1.29 is 0 Å². The Labute approximate surface area is 57.0 Å². The lowest BCUT2D eigenvalue weighted by atomic mass is 10.6. The largest absolute Gasteiger partial charge is 0.398 e. The molecule has 9 heavy (non-hydrogen) atoms. The minimum absolute atomic E-state index is 0.413. The molecule has 0 aliphatic heterocycles. The first kappa shape index (κ1) is 8.18. The summed E-state index contributed by atoms with van der Waals surface area (Å²) in [6.45, 7) is 6.93. The molecule has 0 bridgehead atoms. The number of nitrogens with zero attached hydrogens (tertiary/aromatic N) is 1. The zero-order chi connectivity index (χ0) is 7.28. The smallest absolute Gasteiger partial charge is 0.121 e. The average Bonchev–Trinajstić information content (AvgIpc) is 1.83. The van der Waals surface area contributed by atoms with E-state index in [2.05, 4.69) is 32.6 Å². The lowest BCUT2D eigenvalue weighted by Gasteiger charge is -1.93. The molecule has 0 rings (SSSR count). The molecule has 3 nitrogen and oxygen atoms in total. The summed E-state index contributed by atoms with van der Waals surface area (Å²) >= 11 is 0. The van der Waals surface area contributed by atoms with Gasteiger partial charge in [0.2, 0.25) is 0 Å². The number of aliphatic imine (C=N–C) groups is 1. The molecule has 0 aromatic rings. The van der Waals surface area contributed by atoms with Gasteiger partial charge in [0.15, 0.2) is 0 Å². The zero-order valence-corrected chi connectivity index (χ0v) is 6.25. The van der Waals surface area contributed by atoms with E-state index < -0.39 is 0 Å². The van der Waals surface area contributed by atoms with E-state index in [0.29, 0.717) is 11.5 Å². The first-order valence-corrected chi connectivity index (χ1v) is 2.88. The molecule has 0 heterocycles. The van der Waals surface area contributed by atoms with Gasteiger partial charge in [-0.1, -0.05) is 13.2 Å². The average molecular weight is 143 g/mol. The Hall–Kier alpha value is -0.820. The quantitative estimate of drug-likeness (QED) is 0.443. The molecule has 1 unspecified atom stereocenters. The van der Waals surface area contributed by atoms with Crippen LogP contribution in [0, 0.1) is 0 Å². The van der Waals surface area contributed by atoms with E-state index in [1.54, 1.807) is 0 Å². The highest BCUT2D eigenvalue weighted by molar-refractivity contribution is 7.14. The van der Waals surface area contributed by atoms with Crippen LogP contribution in [0.2, 0.25) is 0 Å². The number of allylic oxidation sites excluding steroid dienone is 1. The highest BCUT2D eigenvalue weighted by Gasteiger charge is 1.78. The minimum Gasteiger partial charge on any atom is -0.398 e. The molecule has 0 spiro atoms. The molecule has 4 heteroatoms. The van der Waals surface area contributed by atoms with Crippen LogP contribution in [0.1, 0.15) is 0 Å². The van der Waals surface area contributed by atoms with Crippen LogP contribution in [-0.4, -0.2) is 6.21 Å². The Morgan fingerprint density at radius 1 is 1.67 bits per heavy atom. The Bertz CT molecular complexity index is 150. The van der Waals surface area contributed by atoms with E-state index in [4.69, 9.17) is 5.73 Å². The van der Waals surface area contributed by atoms with Gasteiger partial charge in [0, 0.05) is 5.70 Å². The van der Waals surface area contributed by atoms with Crippen molar-refractivity contribution in [1.82, 2.24) is 5.09 Å². The Morgan fingerprint density at radius 2 is 2.22 bits per heavy atom. The van der Waals surface area contributed by atoms with Crippen molar-refractivity contribution in [3.05, 3.63) is 24.7 Å². The SMILES string of the molecule is C=C(N)C=NC(=C)NP. The molecule has 0 saturated carbocycles. The minimum atomic E-state index is 0.413. The van der Waals surface area contributed by atoms with Crippen molar-refractivity contribution in [1.29, 1.82) is 0 Å². The maximum atomic E-state index is 5.18. The summed E-state index contributed by atoms with van der Waals surface area (Å²) in [7, 11) is 2.27.